The number of hydrogen-bond donors (Lipinski definition) is 2. The van der Waals surface area contributed by atoms with Crippen LogP contribution in [0, 0.1) is 10.1 Å². The first-order valence-corrected chi connectivity index (χ1v) is 6.01. The Bertz CT molecular complexity index is 837. The molecule has 2 aromatic rings. The number of nitro groups is 1. The van der Waals surface area contributed by atoms with Crippen molar-refractivity contribution in [1.82, 2.24) is 4.98 Å². The van der Waals surface area contributed by atoms with Crippen LogP contribution in [0.15, 0.2) is 12.1 Å². The maximum Gasteiger partial charge on any atom is 0.417 e. The van der Waals surface area contributed by atoms with E-state index in [-0.39, 0.29) is 12.1 Å². The first-order valence-electron chi connectivity index (χ1n) is 6.01. The Hall–Kier alpha value is -2.79. The fourth-order valence-electron chi connectivity index (χ4n) is 2.25. The van der Waals surface area contributed by atoms with Gasteiger partial charge in [0.1, 0.15) is 5.52 Å². The standard InChI is InChI=1S/C12H6F6N2O4/c13-11(14,15)4-1-6(12(16,17)18)9-5(3-8(21)22)10(20(23)24)19-7(9)2-4/h1-2,19H,3H2,(H,21,22). The summed E-state index contributed by atoms with van der Waals surface area (Å²) in [7, 11) is 0. The van der Waals surface area contributed by atoms with Crippen LogP contribution >= 0.6 is 0 Å². The number of aromatic amines is 1. The Morgan fingerprint density at radius 1 is 1.17 bits per heavy atom. The topological polar surface area (TPSA) is 96.2 Å². The number of nitrogens with one attached hydrogen (secondary N) is 1. The van der Waals surface area contributed by atoms with Gasteiger partial charge in [-0.1, -0.05) is 0 Å². The molecule has 1 aromatic carbocycles. The molecular formula is C12H6F6N2O4. The third-order valence-electron chi connectivity index (χ3n) is 3.12. The van der Waals surface area contributed by atoms with Crippen LogP contribution in [0.3, 0.4) is 0 Å². The molecule has 0 aliphatic heterocycles. The van der Waals surface area contributed by atoms with Crippen molar-refractivity contribution in [2.45, 2.75) is 18.8 Å². The SMILES string of the molecule is O=C(O)Cc1c([N+](=O)[O-])[nH]c2cc(C(F)(F)F)cc(C(F)(F)F)c12. The molecule has 0 unspecified atom stereocenters. The van der Waals surface area contributed by atoms with Gasteiger partial charge in [-0.25, -0.2) is 4.98 Å². The maximum absolute atomic E-state index is 13.1. The molecule has 0 amide bonds. The van der Waals surface area contributed by atoms with Crippen LogP contribution in [0.2, 0.25) is 0 Å². The minimum atomic E-state index is -5.27. The van der Waals surface area contributed by atoms with Crippen molar-refractivity contribution >= 4 is 22.7 Å². The van der Waals surface area contributed by atoms with E-state index in [1.54, 1.807) is 0 Å². The molecule has 0 saturated heterocycles. The van der Waals surface area contributed by atoms with Gasteiger partial charge < -0.3 is 15.2 Å². The molecule has 0 aliphatic carbocycles. The van der Waals surface area contributed by atoms with Gasteiger partial charge >= 0.3 is 24.1 Å². The van der Waals surface area contributed by atoms with Gasteiger partial charge in [0, 0.05) is 5.39 Å². The number of carboxylic acid groups (broad SMARTS) is 1. The summed E-state index contributed by atoms with van der Waals surface area (Å²) >= 11 is 0. The summed E-state index contributed by atoms with van der Waals surface area (Å²) in [4.78, 5) is 22.3. The zero-order chi connectivity index (χ0) is 18.4. The van der Waals surface area contributed by atoms with E-state index < -0.39 is 63.1 Å². The van der Waals surface area contributed by atoms with Crippen LogP contribution in [0.5, 0.6) is 0 Å². The molecule has 24 heavy (non-hydrogen) atoms. The Balaban J connectivity index is 2.96. The van der Waals surface area contributed by atoms with Gasteiger partial charge in [0.2, 0.25) is 0 Å². The van der Waals surface area contributed by atoms with Gasteiger partial charge in [0.25, 0.3) is 0 Å². The first kappa shape index (κ1) is 17.6. The second-order valence-corrected chi connectivity index (χ2v) is 4.72. The Labute approximate surface area is 127 Å². The highest BCUT2D eigenvalue weighted by Gasteiger charge is 2.41. The number of halogens is 6. The predicted octanol–water partition coefficient (Wildman–Crippen LogP) is 3.74. The summed E-state index contributed by atoms with van der Waals surface area (Å²) in [5.41, 5.74) is -5.13. The fourth-order valence-corrected chi connectivity index (χ4v) is 2.25. The van der Waals surface area contributed by atoms with E-state index in [1.165, 1.54) is 0 Å². The maximum atomic E-state index is 13.1. The molecule has 0 bridgehead atoms. The number of nitrogens with zero attached hydrogens (tertiary/aromatic N) is 1. The molecule has 1 aromatic heterocycles. The van der Waals surface area contributed by atoms with Gasteiger partial charge in [-0.15, -0.1) is 0 Å². The molecule has 0 spiro atoms. The number of carboxylic acids is 1. The van der Waals surface area contributed by atoms with E-state index in [0.29, 0.717) is 0 Å². The molecule has 0 atom stereocenters. The number of aliphatic carboxylic acids is 1. The van der Waals surface area contributed by atoms with Crippen LogP contribution in [0.1, 0.15) is 16.7 Å². The Kier molecular flexibility index (Phi) is 3.94. The van der Waals surface area contributed by atoms with Crippen LogP contribution in [-0.2, 0) is 23.6 Å². The molecule has 0 saturated carbocycles. The lowest BCUT2D eigenvalue weighted by Crippen LogP contribution is -2.12. The minimum Gasteiger partial charge on any atom is -0.481 e. The van der Waals surface area contributed by atoms with E-state index in [2.05, 4.69) is 0 Å². The molecule has 130 valence electrons. The lowest BCUT2D eigenvalue weighted by Gasteiger charge is -2.12. The zero-order valence-corrected chi connectivity index (χ0v) is 11.2. The molecule has 2 N–H and O–H groups in total. The van der Waals surface area contributed by atoms with E-state index >= 15 is 0 Å². The number of alkyl halides is 6. The highest BCUT2D eigenvalue weighted by atomic mass is 19.4. The van der Waals surface area contributed by atoms with E-state index in [1.807, 2.05) is 4.98 Å². The first-order chi connectivity index (χ1) is 10.8. The summed E-state index contributed by atoms with van der Waals surface area (Å²) in [6.45, 7) is 0. The average Bonchev–Trinajstić information content (AvgIpc) is 2.73. The van der Waals surface area contributed by atoms with Crippen molar-refractivity contribution in [3.8, 4) is 0 Å². The second kappa shape index (κ2) is 5.39. The minimum absolute atomic E-state index is 0.203. The van der Waals surface area contributed by atoms with Crippen LogP contribution < -0.4 is 0 Å². The molecule has 2 rings (SSSR count). The van der Waals surface area contributed by atoms with Crippen molar-refractivity contribution < 1.29 is 41.2 Å². The second-order valence-electron chi connectivity index (χ2n) is 4.72. The number of hydrogen-bond acceptors (Lipinski definition) is 3. The van der Waals surface area contributed by atoms with Gasteiger partial charge in [0.05, 0.1) is 23.1 Å². The molecular weight excluding hydrogens is 350 g/mol. The lowest BCUT2D eigenvalue weighted by atomic mass is 10.00. The van der Waals surface area contributed by atoms with E-state index in [4.69, 9.17) is 5.11 Å². The summed E-state index contributed by atoms with van der Waals surface area (Å²) in [6, 6.07) is 0.0637. The fraction of sp³-hybridized carbons (Fsp3) is 0.250. The smallest absolute Gasteiger partial charge is 0.417 e. The number of benzene rings is 1. The number of H-pyrrole nitrogens is 1. The van der Waals surface area contributed by atoms with Crippen molar-refractivity contribution in [2.75, 3.05) is 0 Å². The van der Waals surface area contributed by atoms with Crippen molar-refractivity contribution in [2.24, 2.45) is 0 Å². The summed E-state index contributed by atoms with van der Waals surface area (Å²) < 4.78 is 77.6. The normalized spacial score (nSPS) is 12.6. The third kappa shape index (κ3) is 3.12. The number of carbonyl (C=O) groups is 1. The zero-order valence-electron chi connectivity index (χ0n) is 11.2. The Morgan fingerprint density at radius 2 is 1.75 bits per heavy atom. The average molecular weight is 356 g/mol. The van der Waals surface area contributed by atoms with Crippen molar-refractivity contribution in [3.05, 3.63) is 38.9 Å². The van der Waals surface area contributed by atoms with Crippen LogP contribution in [0.4, 0.5) is 32.2 Å². The summed E-state index contributed by atoms with van der Waals surface area (Å²) in [6.07, 6.45) is -11.6. The van der Waals surface area contributed by atoms with Gasteiger partial charge in [0.15, 0.2) is 0 Å². The third-order valence-corrected chi connectivity index (χ3v) is 3.12. The highest BCUT2D eigenvalue weighted by Crippen LogP contribution is 2.43. The number of fused-ring (bicyclic) bond motifs is 1. The van der Waals surface area contributed by atoms with Gasteiger partial charge in [-0.2, -0.15) is 26.3 Å². The summed E-state index contributed by atoms with van der Waals surface area (Å²) in [5, 5.41) is 18.7. The molecule has 6 nitrogen and oxygen atoms in total. The van der Waals surface area contributed by atoms with E-state index in [0.717, 1.165) is 0 Å². The quantitative estimate of drug-likeness (QED) is 0.497. The molecule has 1 heterocycles. The van der Waals surface area contributed by atoms with Crippen LogP contribution in [-0.4, -0.2) is 21.0 Å². The molecule has 0 fully saturated rings. The molecule has 0 aliphatic rings. The highest BCUT2D eigenvalue weighted by molar-refractivity contribution is 5.94. The van der Waals surface area contributed by atoms with Gasteiger partial charge in [-0.3, -0.25) is 4.79 Å². The molecule has 0 radical (unpaired) electrons. The van der Waals surface area contributed by atoms with Crippen LogP contribution in [0.25, 0.3) is 10.9 Å². The largest absolute Gasteiger partial charge is 0.481 e. The Morgan fingerprint density at radius 3 is 2.17 bits per heavy atom. The van der Waals surface area contributed by atoms with Gasteiger partial charge in [-0.05, 0) is 17.1 Å². The predicted molar refractivity (Wildman–Crippen MR) is 66.3 cm³/mol. The summed E-state index contributed by atoms with van der Waals surface area (Å²) in [5.74, 6) is -2.77. The lowest BCUT2D eigenvalue weighted by molar-refractivity contribution is -0.389. The van der Waals surface area contributed by atoms with Crippen molar-refractivity contribution in [1.29, 1.82) is 0 Å². The van der Waals surface area contributed by atoms with E-state index in [9.17, 15) is 41.3 Å². The monoisotopic (exact) mass is 356 g/mol. The molecule has 12 heteroatoms. The van der Waals surface area contributed by atoms with Crippen molar-refractivity contribution in [3.63, 3.8) is 0 Å². The number of rotatable bonds is 3. The number of aromatic nitrogens is 1.